The Balaban J connectivity index is 1.49. The molecule has 1 atom stereocenters. The van der Waals surface area contributed by atoms with Crippen molar-refractivity contribution in [1.82, 2.24) is 4.90 Å². The number of anilines is 1. The van der Waals surface area contributed by atoms with E-state index in [-0.39, 0.29) is 37.2 Å². The van der Waals surface area contributed by atoms with Crippen molar-refractivity contribution in [2.75, 3.05) is 25.6 Å². The molecule has 0 spiro atoms. The zero-order valence-corrected chi connectivity index (χ0v) is 23.3. The monoisotopic (exact) mass is 577 g/mol. The second-order valence-corrected chi connectivity index (χ2v) is 10.1. The minimum Gasteiger partial charge on any atom is -0.465 e. The van der Waals surface area contributed by atoms with E-state index in [4.69, 9.17) is 4.74 Å². The van der Waals surface area contributed by atoms with Gasteiger partial charge in [0.15, 0.2) is 5.17 Å². The van der Waals surface area contributed by atoms with Crippen LogP contribution in [0.3, 0.4) is 0 Å². The Morgan fingerprint density at radius 2 is 1.59 bits per heavy atom. The summed E-state index contributed by atoms with van der Waals surface area (Å²) in [5, 5.41) is 2.45. The van der Waals surface area contributed by atoms with E-state index in [0.29, 0.717) is 34.1 Å². The predicted octanol–water partition coefficient (Wildman–Crippen LogP) is 4.99. The number of hydrogen-bond donors (Lipinski definition) is 1. The van der Waals surface area contributed by atoms with Gasteiger partial charge in [-0.1, -0.05) is 23.9 Å². The first-order chi connectivity index (χ1) is 19.8. The summed E-state index contributed by atoms with van der Waals surface area (Å²) in [7, 11) is 1.29. The van der Waals surface area contributed by atoms with Gasteiger partial charge < -0.3 is 14.8 Å². The SMILES string of the molecule is CCOC(=O)c1ccc(N=C2SC(CC(=O)Nc3ccc(C(=O)OC)cc3)C(=O)N2CCc2ccc(F)cc2)cc1. The second-order valence-electron chi connectivity index (χ2n) is 8.96. The van der Waals surface area contributed by atoms with Crippen LogP contribution in [0.25, 0.3) is 0 Å². The molecule has 11 heteroatoms. The van der Waals surface area contributed by atoms with Crippen LogP contribution in [-0.2, 0) is 25.5 Å². The Labute approximate surface area is 240 Å². The van der Waals surface area contributed by atoms with Crippen molar-refractivity contribution < 1.29 is 33.0 Å². The van der Waals surface area contributed by atoms with Gasteiger partial charge in [-0.2, -0.15) is 0 Å². The maximum absolute atomic E-state index is 13.4. The third kappa shape index (κ3) is 7.79. The molecule has 212 valence electrons. The van der Waals surface area contributed by atoms with Gasteiger partial charge in [-0.3, -0.25) is 14.5 Å². The minimum absolute atomic E-state index is 0.101. The Bertz CT molecular complexity index is 1440. The fourth-order valence-electron chi connectivity index (χ4n) is 4.01. The molecule has 2 amide bonds. The summed E-state index contributed by atoms with van der Waals surface area (Å²) < 4.78 is 23.0. The first kappa shape index (κ1) is 29.5. The molecular formula is C30H28FN3O6S. The summed E-state index contributed by atoms with van der Waals surface area (Å²) in [4.78, 5) is 56.0. The molecule has 1 saturated heterocycles. The molecule has 3 aromatic rings. The molecular weight excluding hydrogens is 549 g/mol. The van der Waals surface area contributed by atoms with Crippen molar-refractivity contribution in [3.63, 3.8) is 0 Å². The molecule has 1 fully saturated rings. The molecule has 1 heterocycles. The van der Waals surface area contributed by atoms with E-state index in [1.165, 1.54) is 48.0 Å². The molecule has 4 rings (SSSR count). The summed E-state index contributed by atoms with van der Waals surface area (Å²) in [6.45, 7) is 2.27. The summed E-state index contributed by atoms with van der Waals surface area (Å²) in [6.07, 6.45) is 0.356. The molecule has 0 aromatic heterocycles. The van der Waals surface area contributed by atoms with Gasteiger partial charge in [0.05, 0.1) is 30.5 Å². The highest BCUT2D eigenvalue weighted by Crippen LogP contribution is 2.32. The summed E-state index contributed by atoms with van der Waals surface area (Å²) >= 11 is 1.18. The molecule has 0 bridgehead atoms. The Morgan fingerprint density at radius 1 is 0.951 bits per heavy atom. The zero-order valence-electron chi connectivity index (χ0n) is 22.5. The average molecular weight is 578 g/mol. The van der Waals surface area contributed by atoms with Crippen LogP contribution in [-0.4, -0.2) is 59.3 Å². The standard InChI is InChI=1S/C30H28FN3O6S/c1-3-40-29(38)21-8-14-24(15-9-21)33-30-34(17-16-19-4-10-22(31)11-5-19)27(36)25(41-30)18-26(35)32-23-12-6-20(7-13-23)28(37)39-2/h4-15,25H,3,16-18H2,1-2H3,(H,32,35). The van der Waals surface area contributed by atoms with Crippen LogP contribution in [0.1, 0.15) is 39.6 Å². The average Bonchev–Trinajstić information content (AvgIpc) is 3.26. The lowest BCUT2D eigenvalue weighted by Gasteiger charge is -2.16. The molecule has 0 saturated carbocycles. The van der Waals surface area contributed by atoms with Crippen LogP contribution in [0.2, 0.25) is 0 Å². The van der Waals surface area contributed by atoms with Crippen LogP contribution in [0, 0.1) is 5.82 Å². The van der Waals surface area contributed by atoms with Gasteiger partial charge in [-0.15, -0.1) is 0 Å². The molecule has 9 nitrogen and oxygen atoms in total. The summed E-state index contributed by atoms with van der Waals surface area (Å²) in [6, 6.07) is 18.8. The predicted molar refractivity (Wildman–Crippen MR) is 154 cm³/mol. The van der Waals surface area contributed by atoms with E-state index in [2.05, 4.69) is 15.0 Å². The summed E-state index contributed by atoms with van der Waals surface area (Å²) in [5.41, 5.74) is 2.57. The normalized spacial score (nSPS) is 15.6. The molecule has 3 aromatic carbocycles. The van der Waals surface area contributed by atoms with E-state index >= 15 is 0 Å². The molecule has 41 heavy (non-hydrogen) atoms. The van der Waals surface area contributed by atoms with Crippen molar-refractivity contribution in [2.45, 2.75) is 25.0 Å². The number of hydrogen-bond acceptors (Lipinski definition) is 8. The number of carbonyl (C=O) groups excluding carboxylic acids is 4. The number of halogens is 1. The number of aliphatic imine (C=N–C) groups is 1. The van der Waals surface area contributed by atoms with Gasteiger partial charge in [-0.25, -0.2) is 19.0 Å². The van der Waals surface area contributed by atoms with E-state index in [0.717, 1.165) is 5.56 Å². The third-order valence-electron chi connectivity index (χ3n) is 6.12. The van der Waals surface area contributed by atoms with Crippen molar-refractivity contribution in [1.29, 1.82) is 0 Å². The molecule has 0 radical (unpaired) electrons. The zero-order chi connectivity index (χ0) is 29.4. The van der Waals surface area contributed by atoms with E-state index in [9.17, 15) is 23.6 Å². The van der Waals surface area contributed by atoms with Crippen molar-refractivity contribution in [3.05, 3.63) is 95.3 Å². The first-order valence-electron chi connectivity index (χ1n) is 12.8. The maximum atomic E-state index is 13.4. The molecule has 1 N–H and O–H groups in total. The number of benzene rings is 3. The Morgan fingerprint density at radius 3 is 2.22 bits per heavy atom. The Hall–Kier alpha value is -4.51. The third-order valence-corrected chi connectivity index (χ3v) is 7.30. The summed E-state index contributed by atoms with van der Waals surface area (Å²) in [5.74, 6) is -1.92. The van der Waals surface area contributed by atoms with E-state index in [1.54, 1.807) is 55.5 Å². The largest absolute Gasteiger partial charge is 0.465 e. The second kappa shape index (κ2) is 13.7. The van der Waals surface area contributed by atoms with E-state index < -0.39 is 17.2 Å². The van der Waals surface area contributed by atoms with Crippen molar-refractivity contribution in [3.8, 4) is 0 Å². The number of nitrogens with one attached hydrogen (secondary N) is 1. The van der Waals surface area contributed by atoms with Crippen molar-refractivity contribution >= 4 is 52.1 Å². The number of amidine groups is 1. The lowest BCUT2D eigenvalue weighted by Crippen LogP contribution is -2.35. The number of rotatable bonds is 10. The maximum Gasteiger partial charge on any atom is 0.338 e. The van der Waals surface area contributed by atoms with Crippen LogP contribution >= 0.6 is 11.8 Å². The highest BCUT2D eigenvalue weighted by molar-refractivity contribution is 8.15. The molecule has 0 aliphatic carbocycles. The first-order valence-corrected chi connectivity index (χ1v) is 13.7. The molecule has 1 aliphatic heterocycles. The number of esters is 2. The number of ether oxygens (including phenoxy) is 2. The fourth-order valence-corrected chi connectivity index (χ4v) is 5.19. The number of methoxy groups -OCH3 is 1. The smallest absolute Gasteiger partial charge is 0.338 e. The quantitative estimate of drug-likeness (QED) is 0.338. The van der Waals surface area contributed by atoms with Gasteiger partial charge in [0, 0.05) is 18.7 Å². The highest BCUT2D eigenvalue weighted by atomic mass is 32.2. The van der Waals surface area contributed by atoms with Gasteiger partial charge in [0.2, 0.25) is 11.8 Å². The molecule has 1 aliphatic rings. The Kier molecular flexibility index (Phi) is 9.86. The van der Waals surface area contributed by atoms with Gasteiger partial charge in [-0.05, 0) is 79.6 Å². The number of carbonyl (C=O) groups is 4. The minimum atomic E-state index is -0.713. The number of nitrogens with zero attached hydrogens (tertiary/aromatic N) is 2. The fraction of sp³-hybridized carbons (Fsp3) is 0.233. The van der Waals surface area contributed by atoms with Crippen LogP contribution in [0.15, 0.2) is 77.8 Å². The van der Waals surface area contributed by atoms with Crippen LogP contribution in [0.5, 0.6) is 0 Å². The topological polar surface area (TPSA) is 114 Å². The van der Waals surface area contributed by atoms with Gasteiger partial charge in [0.1, 0.15) is 11.1 Å². The number of thioether (sulfide) groups is 1. The number of amides is 2. The van der Waals surface area contributed by atoms with E-state index in [1.807, 2.05) is 0 Å². The lowest BCUT2D eigenvalue weighted by molar-refractivity contribution is -0.128. The highest BCUT2D eigenvalue weighted by Gasteiger charge is 2.39. The van der Waals surface area contributed by atoms with Crippen LogP contribution in [0.4, 0.5) is 15.8 Å². The van der Waals surface area contributed by atoms with Gasteiger partial charge in [0.25, 0.3) is 0 Å². The molecule has 1 unspecified atom stereocenters. The lowest BCUT2D eigenvalue weighted by atomic mass is 10.1. The van der Waals surface area contributed by atoms with Gasteiger partial charge >= 0.3 is 11.9 Å². The van der Waals surface area contributed by atoms with Crippen LogP contribution < -0.4 is 5.32 Å². The van der Waals surface area contributed by atoms with Crippen molar-refractivity contribution in [2.24, 2.45) is 4.99 Å².